The quantitative estimate of drug-likeness (QED) is 0.725. The number of anilines is 1. The predicted molar refractivity (Wildman–Crippen MR) is 67.0 cm³/mol. The van der Waals surface area contributed by atoms with Gasteiger partial charge in [-0.2, -0.15) is 0 Å². The lowest BCUT2D eigenvalue weighted by Gasteiger charge is -2.19. The van der Waals surface area contributed by atoms with Gasteiger partial charge in [0, 0.05) is 12.2 Å². The molecule has 0 aromatic heterocycles. The monoisotopic (exact) mass is 206 g/mol. The Labute approximate surface area is 93.1 Å². The number of nitrogens with zero attached hydrogens (tertiary/aromatic N) is 1. The van der Waals surface area contributed by atoms with Crippen molar-refractivity contribution >= 4 is 5.69 Å². The van der Waals surface area contributed by atoms with Gasteiger partial charge >= 0.3 is 0 Å². The molecule has 0 atom stereocenters. The molecule has 0 aliphatic carbocycles. The Hall–Kier alpha value is -1.02. The van der Waals surface area contributed by atoms with Crippen molar-refractivity contribution in [2.24, 2.45) is 0 Å². The minimum Gasteiger partial charge on any atom is -0.399 e. The van der Waals surface area contributed by atoms with Crippen molar-refractivity contribution < 1.29 is 0 Å². The molecule has 2 heteroatoms. The lowest BCUT2D eigenvalue weighted by Crippen LogP contribution is -2.26. The van der Waals surface area contributed by atoms with Gasteiger partial charge in [-0.3, -0.25) is 0 Å². The third-order valence-electron chi connectivity index (χ3n) is 2.68. The molecular weight excluding hydrogens is 184 g/mol. The number of likely N-dealkylation sites (N-methyl/N-ethyl adjacent to an activating group) is 1. The maximum atomic E-state index is 5.65. The number of hydrogen-bond acceptors (Lipinski definition) is 2. The van der Waals surface area contributed by atoms with Crippen LogP contribution in [-0.4, -0.2) is 24.5 Å². The van der Waals surface area contributed by atoms with Gasteiger partial charge in [0.2, 0.25) is 0 Å². The average Bonchev–Trinajstić information content (AvgIpc) is 2.26. The van der Waals surface area contributed by atoms with Crippen molar-refractivity contribution in [2.75, 3.05) is 25.4 Å². The van der Waals surface area contributed by atoms with E-state index in [0.29, 0.717) is 0 Å². The van der Waals surface area contributed by atoms with Crippen LogP contribution in [0.1, 0.15) is 25.8 Å². The summed E-state index contributed by atoms with van der Waals surface area (Å²) in [6, 6.07) is 8.20. The zero-order valence-corrected chi connectivity index (χ0v) is 9.87. The highest BCUT2D eigenvalue weighted by Gasteiger charge is 2.00. The van der Waals surface area contributed by atoms with E-state index < -0.39 is 0 Å². The summed E-state index contributed by atoms with van der Waals surface area (Å²) >= 11 is 0. The summed E-state index contributed by atoms with van der Waals surface area (Å²) in [4.78, 5) is 2.48. The van der Waals surface area contributed by atoms with E-state index in [4.69, 9.17) is 5.73 Å². The maximum absolute atomic E-state index is 5.65. The fraction of sp³-hybridized carbons (Fsp3) is 0.538. The van der Waals surface area contributed by atoms with Crippen LogP contribution in [0.15, 0.2) is 24.3 Å². The topological polar surface area (TPSA) is 29.3 Å². The Bertz CT molecular complexity index is 266. The molecule has 0 radical (unpaired) electrons. The third-order valence-corrected chi connectivity index (χ3v) is 2.68. The van der Waals surface area contributed by atoms with Crippen molar-refractivity contribution in [3.8, 4) is 0 Å². The van der Waals surface area contributed by atoms with Gasteiger partial charge in [0.25, 0.3) is 0 Å². The summed E-state index contributed by atoms with van der Waals surface area (Å²) in [5.41, 5.74) is 7.87. The normalized spacial score (nSPS) is 10.9. The standard InChI is InChI=1S/C13H22N2/c1-3-10-15(4-2)11-9-12-5-7-13(14)8-6-12/h5-8H,3-4,9-11,14H2,1-2H3. The first-order valence-corrected chi connectivity index (χ1v) is 5.83. The molecule has 15 heavy (non-hydrogen) atoms. The first kappa shape index (κ1) is 12.1. The Balaban J connectivity index is 2.38. The number of hydrogen-bond donors (Lipinski definition) is 1. The summed E-state index contributed by atoms with van der Waals surface area (Å²) < 4.78 is 0. The van der Waals surface area contributed by atoms with E-state index in [0.717, 1.165) is 25.2 Å². The molecule has 0 spiro atoms. The molecular formula is C13H22N2. The lowest BCUT2D eigenvalue weighted by atomic mass is 10.1. The zero-order valence-electron chi connectivity index (χ0n) is 9.87. The Morgan fingerprint density at radius 1 is 1.07 bits per heavy atom. The largest absolute Gasteiger partial charge is 0.399 e. The van der Waals surface area contributed by atoms with E-state index in [9.17, 15) is 0 Å². The maximum Gasteiger partial charge on any atom is 0.0314 e. The molecule has 1 aromatic carbocycles. The molecule has 1 aromatic rings. The smallest absolute Gasteiger partial charge is 0.0314 e. The van der Waals surface area contributed by atoms with Crippen LogP contribution in [0.2, 0.25) is 0 Å². The first-order chi connectivity index (χ1) is 7.26. The van der Waals surface area contributed by atoms with Crippen LogP contribution in [0.5, 0.6) is 0 Å². The summed E-state index contributed by atoms with van der Waals surface area (Å²) in [5.74, 6) is 0. The van der Waals surface area contributed by atoms with E-state index in [-0.39, 0.29) is 0 Å². The molecule has 0 aliphatic rings. The molecule has 1 rings (SSSR count). The van der Waals surface area contributed by atoms with Gasteiger partial charge in [0.1, 0.15) is 0 Å². The van der Waals surface area contributed by atoms with Gasteiger partial charge in [-0.05, 0) is 43.6 Å². The van der Waals surface area contributed by atoms with E-state index in [1.54, 1.807) is 0 Å². The van der Waals surface area contributed by atoms with Crippen molar-refractivity contribution in [2.45, 2.75) is 26.7 Å². The minimum absolute atomic E-state index is 0.847. The fourth-order valence-electron chi connectivity index (χ4n) is 1.72. The van der Waals surface area contributed by atoms with Crippen LogP contribution in [0.4, 0.5) is 5.69 Å². The van der Waals surface area contributed by atoms with Gasteiger partial charge in [-0.25, -0.2) is 0 Å². The Morgan fingerprint density at radius 3 is 2.27 bits per heavy atom. The van der Waals surface area contributed by atoms with E-state index >= 15 is 0 Å². The highest BCUT2D eigenvalue weighted by atomic mass is 15.1. The van der Waals surface area contributed by atoms with Crippen molar-refractivity contribution in [3.05, 3.63) is 29.8 Å². The van der Waals surface area contributed by atoms with Crippen LogP contribution in [-0.2, 0) is 6.42 Å². The molecule has 0 amide bonds. The van der Waals surface area contributed by atoms with Crippen LogP contribution >= 0.6 is 0 Å². The third kappa shape index (κ3) is 4.34. The predicted octanol–water partition coefficient (Wildman–Crippen LogP) is 2.54. The van der Waals surface area contributed by atoms with Crippen molar-refractivity contribution in [1.29, 1.82) is 0 Å². The van der Waals surface area contributed by atoms with Gasteiger partial charge in [-0.1, -0.05) is 26.0 Å². The molecule has 0 fully saturated rings. The molecule has 0 aliphatic heterocycles. The summed E-state index contributed by atoms with van der Waals surface area (Å²) in [6.45, 7) is 7.94. The van der Waals surface area contributed by atoms with Gasteiger partial charge in [0.05, 0.1) is 0 Å². The molecule has 0 saturated heterocycles. The zero-order chi connectivity index (χ0) is 11.1. The summed E-state index contributed by atoms with van der Waals surface area (Å²) in [7, 11) is 0. The number of rotatable bonds is 6. The van der Waals surface area contributed by atoms with Crippen molar-refractivity contribution in [1.82, 2.24) is 4.90 Å². The molecule has 2 N–H and O–H groups in total. The SMILES string of the molecule is CCCN(CC)CCc1ccc(N)cc1. The van der Waals surface area contributed by atoms with Crippen molar-refractivity contribution in [3.63, 3.8) is 0 Å². The fourth-order valence-corrected chi connectivity index (χ4v) is 1.72. The number of nitrogens with two attached hydrogens (primary N) is 1. The van der Waals surface area contributed by atoms with E-state index in [1.165, 1.54) is 18.5 Å². The molecule has 0 heterocycles. The van der Waals surface area contributed by atoms with Gasteiger partial charge in [-0.15, -0.1) is 0 Å². The second-order valence-electron chi connectivity index (χ2n) is 3.93. The van der Waals surface area contributed by atoms with Crippen LogP contribution in [0.3, 0.4) is 0 Å². The number of nitrogen functional groups attached to an aromatic ring is 1. The average molecular weight is 206 g/mol. The lowest BCUT2D eigenvalue weighted by molar-refractivity contribution is 0.292. The highest BCUT2D eigenvalue weighted by molar-refractivity contribution is 5.39. The molecule has 0 unspecified atom stereocenters. The second-order valence-corrected chi connectivity index (χ2v) is 3.93. The molecule has 0 saturated carbocycles. The summed E-state index contributed by atoms with van der Waals surface area (Å²) in [6.07, 6.45) is 2.35. The molecule has 0 bridgehead atoms. The van der Waals surface area contributed by atoms with Gasteiger partial charge in [0.15, 0.2) is 0 Å². The number of benzene rings is 1. The van der Waals surface area contributed by atoms with Crippen LogP contribution in [0, 0.1) is 0 Å². The Morgan fingerprint density at radius 2 is 1.73 bits per heavy atom. The first-order valence-electron chi connectivity index (χ1n) is 5.83. The van der Waals surface area contributed by atoms with E-state index in [2.05, 4.69) is 30.9 Å². The minimum atomic E-state index is 0.847. The van der Waals surface area contributed by atoms with E-state index in [1.807, 2.05) is 12.1 Å². The molecule has 84 valence electrons. The van der Waals surface area contributed by atoms with Crippen LogP contribution < -0.4 is 5.73 Å². The summed E-state index contributed by atoms with van der Waals surface area (Å²) in [5, 5.41) is 0. The highest BCUT2D eigenvalue weighted by Crippen LogP contribution is 2.06. The second kappa shape index (κ2) is 6.46. The van der Waals surface area contributed by atoms with Gasteiger partial charge < -0.3 is 10.6 Å². The Kier molecular flexibility index (Phi) is 5.19. The molecule has 2 nitrogen and oxygen atoms in total. The van der Waals surface area contributed by atoms with Crippen LogP contribution in [0.25, 0.3) is 0 Å².